The van der Waals surface area contributed by atoms with E-state index in [1.54, 1.807) is 18.5 Å². The molecule has 0 bridgehead atoms. The zero-order chi connectivity index (χ0) is 18.2. The third kappa shape index (κ3) is 2.90. The van der Waals surface area contributed by atoms with E-state index in [2.05, 4.69) is 5.10 Å². The molecule has 1 heterocycles. The fourth-order valence-corrected chi connectivity index (χ4v) is 3.81. The lowest BCUT2D eigenvalue weighted by atomic mass is 9.75. The number of amides is 1. The number of hydrogen-bond acceptors (Lipinski definition) is 3. The third-order valence-electron chi connectivity index (χ3n) is 5.13. The molecule has 1 aliphatic rings. The van der Waals surface area contributed by atoms with E-state index in [1.807, 2.05) is 0 Å². The molecule has 0 aliphatic heterocycles. The van der Waals surface area contributed by atoms with Crippen LogP contribution < -0.4 is 5.48 Å². The maximum absolute atomic E-state index is 14.0. The number of nitrogens with one attached hydrogen (secondary N) is 1. The molecule has 1 aromatic heterocycles. The normalized spacial score (nSPS) is 23.2. The van der Waals surface area contributed by atoms with Gasteiger partial charge in [-0.3, -0.25) is 10.0 Å². The molecular formula is C17H18F3N3O2. The monoisotopic (exact) mass is 353 g/mol. The Hall–Kier alpha value is -2.35. The molecule has 134 valence electrons. The van der Waals surface area contributed by atoms with Crippen molar-refractivity contribution in [1.82, 2.24) is 15.3 Å². The average molecular weight is 353 g/mol. The van der Waals surface area contributed by atoms with E-state index in [1.165, 1.54) is 24.5 Å². The third-order valence-corrected chi connectivity index (χ3v) is 5.13. The van der Waals surface area contributed by atoms with Crippen LogP contribution in [0.1, 0.15) is 48.4 Å². The number of hydroxylamine groups is 1. The summed E-state index contributed by atoms with van der Waals surface area (Å²) in [5, 5.41) is 12.8. The number of halogens is 3. The van der Waals surface area contributed by atoms with Gasteiger partial charge in [-0.2, -0.15) is 13.9 Å². The van der Waals surface area contributed by atoms with E-state index in [9.17, 15) is 23.2 Å². The Labute approximate surface area is 142 Å². The van der Waals surface area contributed by atoms with Crippen LogP contribution in [0.4, 0.5) is 13.2 Å². The summed E-state index contributed by atoms with van der Waals surface area (Å²) < 4.78 is 40.0. The van der Waals surface area contributed by atoms with Gasteiger partial charge < -0.3 is 0 Å². The molecule has 2 N–H and O–H groups in total. The Kier molecular flexibility index (Phi) is 4.55. The second kappa shape index (κ2) is 6.51. The van der Waals surface area contributed by atoms with Crippen molar-refractivity contribution >= 4 is 5.91 Å². The minimum atomic E-state index is -2.73. The van der Waals surface area contributed by atoms with Gasteiger partial charge in [0.15, 0.2) is 0 Å². The summed E-state index contributed by atoms with van der Waals surface area (Å²) in [6.45, 7) is -1.15. The van der Waals surface area contributed by atoms with Crippen LogP contribution >= 0.6 is 0 Å². The summed E-state index contributed by atoms with van der Waals surface area (Å²) in [5.74, 6) is -1.24. The van der Waals surface area contributed by atoms with E-state index >= 15 is 0 Å². The van der Waals surface area contributed by atoms with Crippen molar-refractivity contribution < 1.29 is 23.2 Å². The van der Waals surface area contributed by atoms with Crippen LogP contribution in [-0.2, 0) is 10.2 Å². The topological polar surface area (TPSA) is 67.2 Å². The van der Waals surface area contributed by atoms with Crippen LogP contribution in [0.25, 0.3) is 0 Å². The number of nitrogens with zero attached hydrogens (tertiary/aromatic N) is 2. The lowest BCUT2D eigenvalue weighted by Gasteiger charge is -2.29. The smallest absolute Gasteiger partial charge is 0.289 e. The molecule has 1 aliphatic carbocycles. The van der Waals surface area contributed by atoms with Gasteiger partial charge in [-0.05, 0) is 54.9 Å². The quantitative estimate of drug-likeness (QED) is 0.654. The van der Waals surface area contributed by atoms with Crippen LogP contribution in [0.2, 0.25) is 0 Å². The number of rotatable bonds is 4. The zero-order valence-corrected chi connectivity index (χ0v) is 13.5. The van der Waals surface area contributed by atoms with E-state index < -0.39 is 23.7 Å². The van der Waals surface area contributed by atoms with Gasteiger partial charge in [0.2, 0.25) is 0 Å². The summed E-state index contributed by atoms with van der Waals surface area (Å²) in [7, 11) is 0. The van der Waals surface area contributed by atoms with E-state index in [0.29, 0.717) is 34.2 Å². The van der Waals surface area contributed by atoms with E-state index in [0.717, 1.165) is 0 Å². The van der Waals surface area contributed by atoms with Crippen LogP contribution in [0.3, 0.4) is 0 Å². The number of aromatic nitrogens is 2. The molecule has 1 unspecified atom stereocenters. The number of alkyl halides is 2. The second-order valence-corrected chi connectivity index (χ2v) is 6.41. The Morgan fingerprint density at radius 1 is 1.48 bits per heavy atom. The molecule has 0 saturated heterocycles. The Bertz CT molecular complexity index is 793. The molecule has 0 radical (unpaired) electrons. The Morgan fingerprint density at radius 2 is 2.24 bits per heavy atom. The van der Waals surface area contributed by atoms with Crippen molar-refractivity contribution in [3.8, 4) is 0 Å². The van der Waals surface area contributed by atoms with Crippen molar-refractivity contribution in [2.75, 3.05) is 0 Å². The predicted octanol–water partition coefficient (Wildman–Crippen LogP) is 3.44. The summed E-state index contributed by atoms with van der Waals surface area (Å²) >= 11 is 0. The first-order valence-electron chi connectivity index (χ1n) is 7.91. The van der Waals surface area contributed by atoms with E-state index in [4.69, 9.17) is 0 Å². The number of carbonyl (C=O) groups is 1. The van der Waals surface area contributed by atoms with Gasteiger partial charge in [0.1, 0.15) is 5.82 Å². The lowest BCUT2D eigenvalue weighted by Crippen LogP contribution is -2.42. The Balaban J connectivity index is 1.98. The van der Waals surface area contributed by atoms with Crippen molar-refractivity contribution in [3.05, 3.63) is 53.1 Å². The molecule has 25 heavy (non-hydrogen) atoms. The highest BCUT2D eigenvalue weighted by Crippen LogP contribution is 2.49. The van der Waals surface area contributed by atoms with Gasteiger partial charge in [-0.25, -0.2) is 14.6 Å². The minimum Gasteiger partial charge on any atom is -0.289 e. The molecular weight excluding hydrogens is 335 g/mol. The van der Waals surface area contributed by atoms with Gasteiger partial charge in [0.05, 0.1) is 11.6 Å². The maximum Gasteiger partial charge on any atom is 0.333 e. The molecule has 5 nitrogen and oxygen atoms in total. The number of carbonyl (C=O) groups excluding carboxylic acids is 1. The van der Waals surface area contributed by atoms with Crippen molar-refractivity contribution in [2.24, 2.45) is 0 Å². The first-order chi connectivity index (χ1) is 11.9. The fraction of sp³-hybridized carbons (Fsp3) is 0.412. The van der Waals surface area contributed by atoms with Gasteiger partial charge in [0.25, 0.3) is 5.91 Å². The summed E-state index contributed by atoms with van der Waals surface area (Å²) in [6.07, 6.45) is 3.81. The number of hydrogen-bond donors (Lipinski definition) is 2. The van der Waals surface area contributed by atoms with Crippen molar-refractivity contribution in [3.63, 3.8) is 0 Å². The summed E-state index contributed by atoms with van der Waals surface area (Å²) in [4.78, 5) is 12.5. The van der Waals surface area contributed by atoms with Crippen LogP contribution in [0.5, 0.6) is 0 Å². The molecule has 2 aromatic rings. The second-order valence-electron chi connectivity index (χ2n) is 6.41. The van der Waals surface area contributed by atoms with Crippen molar-refractivity contribution in [2.45, 2.75) is 44.1 Å². The zero-order valence-electron chi connectivity index (χ0n) is 13.5. The first-order valence-corrected chi connectivity index (χ1v) is 7.91. The number of benzene rings is 1. The van der Waals surface area contributed by atoms with Gasteiger partial charge in [0, 0.05) is 6.20 Å². The average Bonchev–Trinajstić information content (AvgIpc) is 3.24. The largest absolute Gasteiger partial charge is 0.333 e. The highest BCUT2D eigenvalue weighted by atomic mass is 19.3. The maximum atomic E-state index is 14.0. The van der Waals surface area contributed by atoms with Gasteiger partial charge in [-0.15, -0.1) is 0 Å². The SMILES string of the molecule is Cc1c(F)cccc1[C@]1(C(=O)NO)CCC(c2cnn(C(F)F)c2)C1. The van der Waals surface area contributed by atoms with Crippen LogP contribution in [-0.4, -0.2) is 20.9 Å². The molecule has 1 fully saturated rings. The molecule has 2 atom stereocenters. The molecule has 1 amide bonds. The molecule has 1 saturated carbocycles. The molecule has 8 heteroatoms. The molecule has 0 spiro atoms. The van der Waals surface area contributed by atoms with Crippen LogP contribution in [0, 0.1) is 12.7 Å². The Morgan fingerprint density at radius 3 is 2.88 bits per heavy atom. The highest BCUT2D eigenvalue weighted by molar-refractivity contribution is 5.88. The minimum absolute atomic E-state index is 0.188. The van der Waals surface area contributed by atoms with Gasteiger partial charge >= 0.3 is 6.55 Å². The first kappa shape index (κ1) is 17.5. The lowest BCUT2D eigenvalue weighted by molar-refractivity contribution is -0.135. The predicted molar refractivity (Wildman–Crippen MR) is 82.8 cm³/mol. The van der Waals surface area contributed by atoms with E-state index in [-0.39, 0.29) is 12.3 Å². The summed E-state index contributed by atoms with van der Waals surface area (Å²) in [5.41, 5.74) is 2.02. The highest BCUT2D eigenvalue weighted by Gasteiger charge is 2.48. The van der Waals surface area contributed by atoms with Gasteiger partial charge in [-0.1, -0.05) is 12.1 Å². The molecule has 1 aromatic carbocycles. The summed E-state index contributed by atoms with van der Waals surface area (Å²) in [6, 6.07) is 4.49. The van der Waals surface area contributed by atoms with Crippen LogP contribution in [0.15, 0.2) is 30.6 Å². The standard InChI is InChI=1S/C17H18F3N3O2/c1-10-13(3-2-4-14(10)18)17(15(24)22-25)6-5-11(7-17)12-8-21-23(9-12)16(19)20/h2-4,8-9,11,16,25H,5-7H2,1H3,(H,22,24)/t11?,17-/m0/s1. The van der Waals surface area contributed by atoms with Crippen molar-refractivity contribution in [1.29, 1.82) is 0 Å². The fourth-order valence-electron chi connectivity index (χ4n) is 3.81. The molecule has 3 rings (SSSR count).